The summed E-state index contributed by atoms with van der Waals surface area (Å²) in [5.74, 6) is 0. The minimum Gasteiger partial charge on any atom is -0.428 e. The summed E-state index contributed by atoms with van der Waals surface area (Å²) in [6.07, 6.45) is 26.7. The third-order valence-electron chi connectivity index (χ3n) is 4.66. The Morgan fingerprint density at radius 3 is 1.13 bits per heavy atom. The standard InChI is InChI=1S/C21H41NO/c1-2-3-4-5-6-7-8-9-10-11-12-13-14-15-16-17-18-19-20-23-21-22/h2-20H2,1H3. The van der Waals surface area contributed by atoms with E-state index in [9.17, 15) is 0 Å². The molecule has 0 bridgehead atoms. The van der Waals surface area contributed by atoms with Crippen molar-refractivity contribution in [1.82, 2.24) is 0 Å². The van der Waals surface area contributed by atoms with E-state index in [1.807, 2.05) is 0 Å². The number of ether oxygens (including phenoxy) is 1. The summed E-state index contributed by atoms with van der Waals surface area (Å²) in [6.45, 7) is 2.89. The van der Waals surface area contributed by atoms with Crippen molar-refractivity contribution in [3.8, 4) is 6.26 Å². The molecule has 0 aliphatic rings. The van der Waals surface area contributed by atoms with Crippen molar-refractivity contribution in [2.45, 2.75) is 122 Å². The number of hydrogen-bond acceptors (Lipinski definition) is 2. The van der Waals surface area contributed by atoms with Crippen LogP contribution in [0.1, 0.15) is 122 Å². The third-order valence-corrected chi connectivity index (χ3v) is 4.66. The van der Waals surface area contributed by atoms with Crippen molar-refractivity contribution in [3.63, 3.8) is 0 Å². The maximum Gasteiger partial charge on any atom is 0.286 e. The first-order valence-corrected chi connectivity index (χ1v) is 10.4. The van der Waals surface area contributed by atoms with Crippen LogP contribution in [-0.2, 0) is 4.74 Å². The van der Waals surface area contributed by atoms with Gasteiger partial charge in [-0.2, -0.15) is 5.26 Å². The van der Waals surface area contributed by atoms with E-state index in [1.165, 1.54) is 109 Å². The Balaban J connectivity index is 2.94. The highest BCUT2D eigenvalue weighted by Gasteiger charge is 1.95. The molecule has 0 aliphatic carbocycles. The van der Waals surface area contributed by atoms with Gasteiger partial charge < -0.3 is 4.74 Å². The molecule has 2 nitrogen and oxygen atoms in total. The molecule has 0 aliphatic heterocycles. The van der Waals surface area contributed by atoms with Crippen molar-refractivity contribution >= 4 is 0 Å². The van der Waals surface area contributed by atoms with E-state index in [-0.39, 0.29) is 0 Å². The molecule has 2 heteroatoms. The molecule has 0 aromatic heterocycles. The molecule has 0 rings (SSSR count). The molecule has 0 fully saturated rings. The molecule has 0 heterocycles. The molecule has 0 aromatic rings. The molecule has 23 heavy (non-hydrogen) atoms. The third kappa shape index (κ3) is 21.3. The minimum absolute atomic E-state index is 0.606. The molecular weight excluding hydrogens is 282 g/mol. The lowest BCUT2D eigenvalue weighted by atomic mass is 10.0. The fraction of sp³-hybridized carbons (Fsp3) is 0.952. The molecule has 0 amide bonds. The summed E-state index contributed by atoms with van der Waals surface area (Å²) in [6, 6.07) is 0. The zero-order valence-electron chi connectivity index (χ0n) is 15.8. The Labute approximate surface area is 146 Å². The SMILES string of the molecule is CCCCCCCCCCCCCCCCCCCCOC#N. The average molecular weight is 324 g/mol. The van der Waals surface area contributed by atoms with E-state index in [0.717, 1.165) is 6.42 Å². The molecule has 0 spiro atoms. The zero-order valence-corrected chi connectivity index (χ0v) is 15.8. The molecule has 0 radical (unpaired) electrons. The van der Waals surface area contributed by atoms with E-state index in [4.69, 9.17) is 5.26 Å². The predicted octanol–water partition coefficient (Wildman–Crippen LogP) is 7.53. The lowest BCUT2D eigenvalue weighted by Crippen LogP contribution is -1.88. The van der Waals surface area contributed by atoms with Gasteiger partial charge >= 0.3 is 0 Å². The number of rotatable bonds is 19. The summed E-state index contributed by atoms with van der Waals surface area (Å²) in [7, 11) is 0. The van der Waals surface area contributed by atoms with Crippen molar-refractivity contribution in [3.05, 3.63) is 0 Å². The fourth-order valence-corrected chi connectivity index (χ4v) is 3.12. The molecule has 0 aromatic carbocycles. The van der Waals surface area contributed by atoms with E-state index in [1.54, 1.807) is 6.26 Å². The minimum atomic E-state index is 0.606. The fourth-order valence-electron chi connectivity index (χ4n) is 3.12. The Morgan fingerprint density at radius 2 is 0.826 bits per heavy atom. The van der Waals surface area contributed by atoms with Crippen LogP contribution in [0.5, 0.6) is 0 Å². The van der Waals surface area contributed by atoms with Crippen molar-refractivity contribution < 1.29 is 4.74 Å². The van der Waals surface area contributed by atoms with Gasteiger partial charge in [-0.1, -0.05) is 116 Å². The summed E-state index contributed by atoms with van der Waals surface area (Å²) < 4.78 is 4.67. The van der Waals surface area contributed by atoms with Crippen LogP contribution in [0.2, 0.25) is 0 Å². The Hall–Kier alpha value is -0.710. The highest BCUT2D eigenvalue weighted by atomic mass is 16.5. The summed E-state index contributed by atoms with van der Waals surface area (Å²) in [5.41, 5.74) is 0. The molecule has 0 unspecified atom stereocenters. The number of unbranched alkanes of at least 4 members (excludes halogenated alkanes) is 17. The zero-order chi connectivity index (χ0) is 16.8. The Bertz CT molecular complexity index is 247. The second-order valence-corrected chi connectivity index (χ2v) is 6.95. The molecular formula is C21H41NO. The first kappa shape index (κ1) is 22.3. The van der Waals surface area contributed by atoms with Crippen LogP contribution in [0, 0.1) is 11.5 Å². The number of nitriles is 1. The smallest absolute Gasteiger partial charge is 0.286 e. The summed E-state index contributed by atoms with van der Waals surface area (Å²) >= 11 is 0. The predicted molar refractivity (Wildman–Crippen MR) is 100 cm³/mol. The second kappa shape index (κ2) is 21.3. The molecule has 136 valence electrons. The Morgan fingerprint density at radius 1 is 0.522 bits per heavy atom. The topological polar surface area (TPSA) is 33.0 Å². The number of hydrogen-bond donors (Lipinski definition) is 0. The van der Waals surface area contributed by atoms with Gasteiger partial charge in [0.05, 0.1) is 0 Å². The van der Waals surface area contributed by atoms with Crippen LogP contribution < -0.4 is 0 Å². The van der Waals surface area contributed by atoms with Crippen LogP contribution in [0.4, 0.5) is 0 Å². The quantitative estimate of drug-likeness (QED) is 0.182. The highest BCUT2D eigenvalue weighted by molar-refractivity contribution is 4.51. The van der Waals surface area contributed by atoms with Crippen molar-refractivity contribution in [2.75, 3.05) is 6.61 Å². The van der Waals surface area contributed by atoms with Crippen LogP contribution in [0.25, 0.3) is 0 Å². The monoisotopic (exact) mass is 323 g/mol. The van der Waals surface area contributed by atoms with Crippen molar-refractivity contribution in [1.29, 1.82) is 5.26 Å². The van der Waals surface area contributed by atoms with E-state index >= 15 is 0 Å². The molecule has 0 saturated carbocycles. The van der Waals surface area contributed by atoms with E-state index in [0.29, 0.717) is 6.61 Å². The van der Waals surface area contributed by atoms with Crippen LogP contribution >= 0.6 is 0 Å². The van der Waals surface area contributed by atoms with Gasteiger partial charge in [-0.3, -0.25) is 0 Å². The van der Waals surface area contributed by atoms with Gasteiger partial charge in [-0.25, -0.2) is 0 Å². The van der Waals surface area contributed by atoms with Gasteiger partial charge in [0.15, 0.2) is 0 Å². The van der Waals surface area contributed by atoms with Gasteiger partial charge in [0, 0.05) is 0 Å². The van der Waals surface area contributed by atoms with Gasteiger partial charge in [-0.05, 0) is 6.42 Å². The van der Waals surface area contributed by atoms with E-state index < -0.39 is 0 Å². The van der Waals surface area contributed by atoms with Crippen LogP contribution in [0.3, 0.4) is 0 Å². The molecule has 0 N–H and O–H groups in total. The van der Waals surface area contributed by atoms with Gasteiger partial charge in [0.1, 0.15) is 6.61 Å². The first-order chi connectivity index (χ1) is 11.4. The Kier molecular flexibility index (Phi) is 20.6. The van der Waals surface area contributed by atoms with Gasteiger partial charge in [0.2, 0.25) is 0 Å². The van der Waals surface area contributed by atoms with Crippen molar-refractivity contribution in [2.24, 2.45) is 0 Å². The van der Waals surface area contributed by atoms with Crippen LogP contribution in [0.15, 0.2) is 0 Å². The number of nitrogens with zero attached hydrogens (tertiary/aromatic N) is 1. The van der Waals surface area contributed by atoms with Crippen LogP contribution in [-0.4, -0.2) is 6.61 Å². The average Bonchev–Trinajstić information content (AvgIpc) is 2.57. The maximum atomic E-state index is 8.24. The first-order valence-electron chi connectivity index (χ1n) is 10.4. The highest BCUT2D eigenvalue weighted by Crippen LogP contribution is 2.14. The van der Waals surface area contributed by atoms with Gasteiger partial charge in [0.25, 0.3) is 6.26 Å². The van der Waals surface area contributed by atoms with E-state index in [2.05, 4.69) is 11.7 Å². The summed E-state index contributed by atoms with van der Waals surface area (Å²) in [4.78, 5) is 0. The summed E-state index contributed by atoms with van der Waals surface area (Å²) in [5, 5.41) is 8.24. The lowest BCUT2D eigenvalue weighted by molar-refractivity contribution is 0.260. The van der Waals surface area contributed by atoms with Gasteiger partial charge in [-0.15, -0.1) is 0 Å². The maximum absolute atomic E-state index is 8.24. The molecule has 0 atom stereocenters. The normalized spacial score (nSPS) is 10.6. The second-order valence-electron chi connectivity index (χ2n) is 6.95. The molecule has 0 saturated heterocycles. The largest absolute Gasteiger partial charge is 0.428 e. The lowest BCUT2D eigenvalue weighted by Gasteiger charge is -2.03.